The van der Waals surface area contributed by atoms with E-state index in [1.165, 1.54) is 12.8 Å². The summed E-state index contributed by atoms with van der Waals surface area (Å²) in [6.07, 6.45) is 3.13. The van der Waals surface area contributed by atoms with Crippen LogP contribution in [0.5, 0.6) is 0 Å². The van der Waals surface area contributed by atoms with E-state index < -0.39 is 6.10 Å². The van der Waals surface area contributed by atoms with E-state index in [0.29, 0.717) is 31.6 Å². The number of ether oxygens (including phenoxy) is 1. The fraction of sp³-hybridized carbons (Fsp3) is 1.00. The van der Waals surface area contributed by atoms with Crippen molar-refractivity contribution >= 4 is 0 Å². The third-order valence-corrected chi connectivity index (χ3v) is 3.20. The molecule has 1 aliphatic rings. The molecule has 0 aromatic heterocycles. The topological polar surface area (TPSA) is 61.7 Å². The first kappa shape index (κ1) is 12.9. The van der Waals surface area contributed by atoms with Crippen molar-refractivity contribution in [1.29, 1.82) is 0 Å². The summed E-state index contributed by atoms with van der Waals surface area (Å²) < 4.78 is 4.84. The van der Waals surface area contributed by atoms with Crippen molar-refractivity contribution in [2.45, 2.75) is 25.4 Å². The molecule has 1 aliphatic carbocycles. The Balaban J connectivity index is 2.08. The van der Waals surface area contributed by atoms with E-state index in [-0.39, 0.29) is 0 Å². The Bertz CT molecular complexity index is 166. The van der Waals surface area contributed by atoms with E-state index in [0.717, 1.165) is 13.0 Å². The molecule has 0 heterocycles. The predicted octanol–water partition coefficient (Wildman–Crippen LogP) is -0.00810. The minimum absolute atomic E-state index is 0.299. The molecule has 0 aliphatic heterocycles. The zero-order valence-corrected chi connectivity index (χ0v) is 9.48. The maximum absolute atomic E-state index is 9.41. The smallest absolute Gasteiger partial charge is 0.0897 e. The summed E-state index contributed by atoms with van der Waals surface area (Å²) in [5, 5.41) is 21.8. The number of hydrogen-bond acceptors (Lipinski definition) is 4. The summed E-state index contributed by atoms with van der Waals surface area (Å²) in [5.74, 6) is 1.03. The molecular formula is C11H23NO3. The zero-order chi connectivity index (χ0) is 11.1. The molecule has 0 bridgehead atoms. The molecule has 0 spiro atoms. The van der Waals surface area contributed by atoms with Crippen LogP contribution in [0.4, 0.5) is 0 Å². The molecule has 1 saturated carbocycles. The second-order valence-corrected chi connectivity index (χ2v) is 4.40. The third kappa shape index (κ3) is 4.47. The van der Waals surface area contributed by atoms with E-state index in [1.54, 1.807) is 7.11 Å². The molecule has 3 N–H and O–H groups in total. The molecule has 1 fully saturated rings. The van der Waals surface area contributed by atoms with Gasteiger partial charge in [-0.25, -0.2) is 0 Å². The average Bonchev–Trinajstić information content (AvgIpc) is 2.66. The second-order valence-electron chi connectivity index (χ2n) is 4.40. The largest absolute Gasteiger partial charge is 0.396 e. The van der Waals surface area contributed by atoms with Gasteiger partial charge in [0, 0.05) is 20.3 Å². The van der Waals surface area contributed by atoms with Crippen molar-refractivity contribution in [3.8, 4) is 0 Å². The number of aliphatic hydroxyl groups excluding tert-OH is 2. The highest BCUT2D eigenvalue weighted by Crippen LogP contribution is 2.30. The SMILES string of the molecule is COCC(O)CNCC1CCCC1CO. The fourth-order valence-corrected chi connectivity index (χ4v) is 2.31. The van der Waals surface area contributed by atoms with E-state index in [1.807, 2.05) is 0 Å². The maximum atomic E-state index is 9.41. The summed E-state index contributed by atoms with van der Waals surface area (Å²) >= 11 is 0. The van der Waals surface area contributed by atoms with Gasteiger partial charge in [0.25, 0.3) is 0 Å². The van der Waals surface area contributed by atoms with Crippen LogP contribution in [0.25, 0.3) is 0 Å². The molecule has 0 aromatic carbocycles. The molecule has 15 heavy (non-hydrogen) atoms. The normalized spacial score (nSPS) is 28.2. The predicted molar refractivity (Wildman–Crippen MR) is 58.7 cm³/mol. The van der Waals surface area contributed by atoms with Gasteiger partial charge in [-0.05, 0) is 31.2 Å². The first-order valence-electron chi connectivity index (χ1n) is 5.76. The molecule has 1 rings (SSSR count). The number of nitrogens with one attached hydrogen (secondary N) is 1. The van der Waals surface area contributed by atoms with Crippen LogP contribution in [0.15, 0.2) is 0 Å². The van der Waals surface area contributed by atoms with Crippen LogP contribution < -0.4 is 5.32 Å². The van der Waals surface area contributed by atoms with Gasteiger partial charge in [-0.2, -0.15) is 0 Å². The van der Waals surface area contributed by atoms with Gasteiger partial charge in [0.15, 0.2) is 0 Å². The minimum atomic E-state index is -0.427. The van der Waals surface area contributed by atoms with Crippen molar-refractivity contribution in [3.63, 3.8) is 0 Å². The number of aliphatic hydroxyl groups is 2. The van der Waals surface area contributed by atoms with Crippen molar-refractivity contribution < 1.29 is 14.9 Å². The molecule has 0 aromatic rings. The monoisotopic (exact) mass is 217 g/mol. The summed E-state index contributed by atoms with van der Waals surface area (Å²) in [5.41, 5.74) is 0. The van der Waals surface area contributed by atoms with E-state index in [4.69, 9.17) is 9.84 Å². The summed E-state index contributed by atoms with van der Waals surface area (Å²) in [7, 11) is 1.59. The Morgan fingerprint density at radius 3 is 2.80 bits per heavy atom. The molecule has 0 radical (unpaired) electrons. The maximum Gasteiger partial charge on any atom is 0.0897 e. The Hall–Kier alpha value is -0.160. The van der Waals surface area contributed by atoms with Crippen molar-refractivity contribution in [2.24, 2.45) is 11.8 Å². The highest BCUT2D eigenvalue weighted by atomic mass is 16.5. The van der Waals surface area contributed by atoms with Gasteiger partial charge < -0.3 is 20.3 Å². The van der Waals surface area contributed by atoms with Gasteiger partial charge in [-0.15, -0.1) is 0 Å². The second kappa shape index (κ2) is 7.17. The van der Waals surface area contributed by atoms with Crippen LogP contribution >= 0.6 is 0 Å². The Labute approximate surface area is 91.6 Å². The van der Waals surface area contributed by atoms with Crippen LogP contribution in [-0.2, 0) is 4.74 Å². The lowest BCUT2D eigenvalue weighted by atomic mass is 9.97. The summed E-state index contributed by atoms with van der Waals surface area (Å²) in [4.78, 5) is 0. The van der Waals surface area contributed by atoms with Crippen LogP contribution in [0.2, 0.25) is 0 Å². The van der Waals surface area contributed by atoms with Gasteiger partial charge in [0.1, 0.15) is 0 Å². The van der Waals surface area contributed by atoms with Crippen molar-refractivity contribution in [2.75, 3.05) is 33.4 Å². The Morgan fingerprint density at radius 1 is 1.40 bits per heavy atom. The third-order valence-electron chi connectivity index (χ3n) is 3.20. The number of rotatable bonds is 7. The summed E-state index contributed by atoms with van der Waals surface area (Å²) in [6.45, 7) is 2.14. The average molecular weight is 217 g/mol. The highest BCUT2D eigenvalue weighted by molar-refractivity contribution is 4.78. The quantitative estimate of drug-likeness (QED) is 0.561. The van der Waals surface area contributed by atoms with Gasteiger partial charge in [0.2, 0.25) is 0 Å². The van der Waals surface area contributed by atoms with Gasteiger partial charge in [-0.3, -0.25) is 0 Å². The van der Waals surface area contributed by atoms with Crippen molar-refractivity contribution in [3.05, 3.63) is 0 Å². The Kier molecular flexibility index (Phi) is 6.17. The lowest BCUT2D eigenvalue weighted by Gasteiger charge is -2.19. The first-order valence-corrected chi connectivity index (χ1v) is 5.76. The van der Waals surface area contributed by atoms with E-state index in [9.17, 15) is 5.11 Å². The first-order chi connectivity index (χ1) is 7.27. The summed E-state index contributed by atoms with van der Waals surface area (Å²) in [6, 6.07) is 0. The van der Waals surface area contributed by atoms with E-state index in [2.05, 4.69) is 5.32 Å². The minimum Gasteiger partial charge on any atom is -0.396 e. The molecule has 4 heteroatoms. The molecular weight excluding hydrogens is 194 g/mol. The lowest BCUT2D eigenvalue weighted by molar-refractivity contribution is 0.0633. The van der Waals surface area contributed by atoms with Crippen LogP contribution in [0.1, 0.15) is 19.3 Å². The fourth-order valence-electron chi connectivity index (χ4n) is 2.31. The van der Waals surface area contributed by atoms with Crippen LogP contribution in [0, 0.1) is 11.8 Å². The van der Waals surface area contributed by atoms with Gasteiger partial charge >= 0.3 is 0 Å². The molecule has 0 amide bonds. The number of methoxy groups -OCH3 is 1. The van der Waals surface area contributed by atoms with Gasteiger partial charge in [0.05, 0.1) is 12.7 Å². The molecule has 90 valence electrons. The Morgan fingerprint density at radius 2 is 2.13 bits per heavy atom. The number of hydrogen-bond donors (Lipinski definition) is 3. The molecule has 0 saturated heterocycles. The van der Waals surface area contributed by atoms with Crippen LogP contribution in [-0.4, -0.2) is 49.7 Å². The van der Waals surface area contributed by atoms with Crippen molar-refractivity contribution in [1.82, 2.24) is 5.32 Å². The van der Waals surface area contributed by atoms with E-state index >= 15 is 0 Å². The van der Waals surface area contributed by atoms with Gasteiger partial charge in [-0.1, -0.05) is 6.42 Å². The molecule has 3 atom stereocenters. The molecule has 4 nitrogen and oxygen atoms in total. The standard InChI is InChI=1S/C11H23NO3/c1-15-8-11(14)6-12-5-9-3-2-4-10(9)7-13/h9-14H,2-8H2,1H3. The molecule has 3 unspecified atom stereocenters. The van der Waals surface area contributed by atoms with Crippen LogP contribution in [0.3, 0.4) is 0 Å². The zero-order valence-electron chi connectivity index (χ0n) is 9.48. The highest BCUT2D eigenvalue weighted by Gasteiger charge is 2.25. The lowest BCUT2D eigenvalue weighted by Crippen LogP contribution is -2.34.